The highest BCUT2D eigenvalue weighted by Gasteiger charge is 2.31. The SMILES string of the molecule is C=CCN1C(=O)/C(=C/c2ccc(-c3ccc(N[O-])cc3C)o2)SC1=S. The first-order chi connectivity index (χ1) is 12.0. The molecule has 0 unspecified atom stereocenters. The first-order valence-corrected chi connectivity index (χ1v) is 8.71. The van der Waals surface area contributed by atoms with Crippen LogP contribution in [0, 0.1) is 12.1 Å². The molecule has 2 aromatic rings. The summed E-state index contributed by atoms with van der Waals surface area (Å²) in [6.07, 6.45) is 3.33. The molecule has 1 aliphatic rings. The fourth-order valence-corrected chi connectivity index (χ4v) is 3.75. The molecule has 1 aliphatic heterocycles. The first-order valence-electron chi connectivity index (χ1n) is 7.48. The van der Waals surface area contributed by atoms with Crippen LogP contribution >= 0.6 is 24.0 Å². The molecule has 1 saturated heterocycles. The number of hydrogen-bond acceptors (Lipinski definition) is 6. The van der Waals surface area contributed by atoms with Crippen LogP contribution in [0.25, 0.3) is 17.4 Å². The number of furan rings is 1. The minimum absolute atomic E-state index is 0.144. The van der Waals surface area contributed by atoms with Gasteiger partial charge < -0.3 is 15.1 Å². The number of nitrogens with zero attached hydrogens (tertiary/aromatic N) is 1. The fourth-order valence-electron chi connectivity index (χ4n) is 2.49. The van der Waals surface area contributed by atoms with E-state index < -0.39 is 0 Å². The van der Waals surface area contributed by atoms with E-state index in [-0.39, 0.29) is 5.91 Å². The number of carbonyl (C=O) groups excluding carboxylic acids is 1. The normalized spacial score (nSPS) is 15.9. The highest BCUT2D eigenvalue weighted by Crippen LogP contribution is 2.34. The van der Waals surface area contributed by atoms with Crippen LogP contribution in [0.2, 0.25) is 0 Å². The molecule has 128 valence electrons. The highest BCUT2D eigenvalue weighted by atomic mass is 32.2. The lowest BCUT2D eigenvalue weighted by molar-refractivity contribution is -0.121. The van der Waals surface area contributed by atoms with Crippen molar-refractivity contribution in [3.63, 3.8) is 0 Å². The standard InChI is InChI=1S/C18H15N2O3S2/c1-3-8-20-17(21)16(25-18(20)24)10-13-5-7-15(23-13)14-6-4-12(19-22)9-11(14)2/h3-7,9-10,19H,1,8H2,2H3/q-1/b16-10-. The lowest BCUT2D eigenvalue weighted by Crippen LogP contribution is -2.27. The number of anilines is 1. The molecule has 7 heteroatoms. The molecule has 0 atom stereocenters. The number of carbonyl (C=O) groups is 1. The van der Waals surface area contributed by atoms with Crippen molar-refractivity contribution in [2.24, 2.45) is 0 Å². The maximum absolute atomic E-state index is 12.3. The quantitative estimate of drug-likeness (QED) is 0.360. The lowest BCUT2D eigenvalue weighted by atomic mass is 10.1. The minimum Gasteiger partial charge on any atom is -0.761 e. The summed E-state index contributed by atoms with van der Waals surface area (Å²) >= 11 is 6.46. The Morgan fingerprint density at radius 2 is 2.20 bits per heavy atom. The van der Waals surface area contributed by atoms with E-state index in [0.29, 0.717) is 33.0 Å². The molecule has 1 aromatic carbocycles. The van der Waals surface area contributed by atoms with Gasteiger partial charge in [-0.05, 0) is 42.8 Å². The molecule has 0 bridgehead atoms. The van der Waals surface area contributed by atoms with E-state index in [1.54, 1.807) is 30.4 Å². The summed E-state index contributed by atoms with van der Waals surface area (Å²) in [5, 5.41) is 10.7. The molecular formula is C18H15N2O3S2-. The average molecular weight is 371 g/mol. The van der Waals surface area contributed by atoms with Crippen LogP contribution in [0.3, 0.4) is 0 Å². The molecule has 0 radical (unpaired) electrons. The largest absolute Gasteiger partial charge is 0.761 e. The second kappa shape index (κ2) is 7.26. The lowest BCUT2D eigenvalue weighted by Gasteiger charge is -2.11. The Hall–Kier alpha value is -2.35. The van der Waals surface area contributed by atoms with Crippen LogP contribution in [0.4, 0.5) is 5.69 Å². The van der Waals surface area contributed by atoms with E-state index in [4.69, 9.17) is 16.6 Å². The van der Waals surface area contributed by atoms with Gasteiger partial charge in [0.1, 0.15) is 15.8 Å². The van der Waals surface area contributed by atoms with E-state index in [2.05, 4.69) is 6.58 Å². The van der Waals surface area contributed by atoms with Crippen molar-refractivity contribution in [3.05, 3.63) is 64.4 Å². The van der Waals surface area contributed by atoms with Crippen molar-refractivity contribution in [1.29, 1.82) is 0 Å². The van der Waals surface area contributed by atoms with Crippen LogP contribution in [0.1, 0.15) is 11.3 Å². The minimum atomic E-state index is -0.144. The van der Waals surface area contributed by atoms with E-state index in [0.717, 1.165) is 11.1 Å². The van der Waals surface area contributed by atoms with Gasteiger partial charge in [0.05, 0.1) is 4.91 Å². The van der Waals surface area contributed by atoms with Crippen molar-refractivity contribution < 1.29 is 9.21 Å². The predicted octanol–water partition coefficient (Wildman–Crippen LogP) is 4.55. The number of rotatable bonds is 5. The Morgan fingerprint density at radius 3 is 2.88 bits per heavy atom. The van der Waals surface area contributed by atoms with Crippen LogP contribution in [-0.2, 0) is 4.79 Å². The van der Waals surface area contributed by atoms with Gasteiger partial charge in [-0.1, -0.05) is 30.1 Å². The van der Waals surface area contributed by atoms with Gasteiger partial charge in [0.2, 0.25) is 0 Å². The molecule has 5 nitrogen and oxygen atoms in total. The summed E-state index contributed by atoms with van der Waals surface area (Å²) < 4.78 is 6.36. The molecule has 1 amide bonds. The maximum Gasteiger partial charge on any atom is 0.266 e. The van der Waals surface area contributed by atoms with Gasteiger partial charge in [-0.25, -0.2) is 0 Å². The summed E-state index contributed by atoms with van der Waals surface area (Å²) in [6.45, 7) is 5.93. The number of hydrogen-bond donors (Lipinski definition) is 1. The van der Waals surface area contributed by atoms with E-state index >= 15 is 0 Å². The molecule has 0 spiro atoms. The summed E-state index contributed by atoms with van der Waals surface area (Å²) in [6, 6.07) is 8.90. The number of amides is 1. The van der Waals surface area contributed by atoms with Gasteiger partial charge in [-0.3, -0.25) is 9.69 Å². The van der Waals surface area contributed by atoms with Crippen LogP contribution in [0.5, 0.6) is 0 Å². The van der Waals surface area contributed by atoms with Gasteiger partial charge in [0, 0.05) is 23.9 Å². The van der Waals surface area contributed by atoms with Gasteiger partial charge in [0.25, 0.3) is 5.91 Å². The molecule has 2 heterocycles. The Labute approximate surface area is 155 Å². The van der Waals surface area contributed by atoms with Crippen molar-refractivity contribution in [2.45, 2.75) is 6.92 Å². The Morgan fingerprint density at radius 1 is 1.40 bits per heavy atom. The van der Waals surface area contributed by atoms with Crippen LogP contribution in [0.15, 0.2) is 52.3 Å². The third-order valence-electron chi connectivity index (χ3n) is 3.70. The Bertz CT molecular complexity index is 886. The highest BCUT2D eigenvalue weighted by molar-refractivity contribution is 8.26. The summed E-state index contributed by atoms with van der Waals surface area (Å²) in [4.78, 5) is 14.4. The molecule has 1 aromatic heterocycles. The molecule has 25 heavy (non-hydrogen) atoms. The summed E-state index contributed by atoms with van der Waals surface area (Å²) in [5.74, 6) is 1.09. The summed E-state index contributed by atoms with van der Waals surface area (Å²) in [5.41, 5.74) is 4.17. The third kappa shape index (κ3) is 3.53. The monoisotopic (exact) mass is 371 g/mol. The molecule has 1 fully saturated rings. The van der Waals surface area contributed by atoms with Crippen molar-refractivity contribution in [3.8, 4) is 11.3 Å². The number of benzene rings is 1. The summed E-state index contributed by atoms with van der Waals surface area (Å²) in [7, 11) is 0. The molecule has 0 saturated carbocycles. The number of nitrogens with one attached hydrogen (secondary N) is 1. The van der Waals surface area contributed by atoms with Gasteiger partial charge in [0.15, 0.2) is 0 Å². The fraction of sp³-hybridized carbons (Fsp3) is 0.111. The molecule has 0 aliphatic carbocycles. The average Bonchev–Trinajstić information content (AvgIpc) is 3.15. The number of aryl methyl sites for hydroxylation is 1. The second-order valence-electron chi connectivity index (χ2n) is 5.41. The van der Waals surface area contributed by atoms with Gasteiger partial charge in [-0.15, -0.1) is 6.58 Å². The Kier molecular flexibility index (Phi) is 5.08. The van der Waals surface area contributed by atoms with Gasteiger partial charge >= 0.3 is 0 Å². The zero-order valence-electron chi connectivity index (χ0n) is 13.4. The molecule has 3 rings (SSSR count). The van der Waals surface area contributed by atoms with E-state index in [9.17, 15) is 10.0 Å². The van der Waals surface area contributed by atoms with Crippen molar-refractivity contribution in [2.75, 3.05) is 12.0 Å². The second-order valence-corrected chi connectivity index (χ2v) is 7.09. The van der Waals surface area contributed by atoms with Crippen LogP contribution in [-0.4, -0.2) is 21.7 Å². The van der Waals surface area contributed by atoms with Crippen LogP contribution < -0.4 is 5.48 Å². The third-order valence-corrected chi connectivity index (χ3v) is 5.07. The van der Waals surface area contributed by atoms with Gasteiger partial charge in [-0.2, -0.15) is 0 Å². The predicted molar refractivity (Wildman–Crippen MR) is 106 cm³/mol. The van der Waals surface area contributed by atoms with Crippen molar-refractivity contribution >= 4 is 46.0 Å². The zero-order chi connectivity index (χ0) is 18.0. The molecular weight excluding hydrogens is 356 g/mol. The maximum atomic E-state index is 12.3. The Balaban J connectivity index is 1.86. The smallest absolute Gasteiger partial charge is 0.266 e. The number of thiocarbonyl (C=S) groups is 1. The van der Waals surface area contributed by atoms with E-state index in [1.807, 2.05) is 24.5 Å². The van der Waals surface area contributed by atoms with Crippen molar-refractivity contribution in [1.82, 2.24) is 4.90 Å². The topological polar surface area (TPSA) is 68.5 Å². The zero-order valence-corrected chi connectivity index (χ0v) is 15.1. The number of thioether (sulfide) groups is 1. The molecule has 1 N–H and O–H groups in total. The van der Waals surface area contributed by atoms with E-state index in [1.165, 1.54) is 16.7 Å². The first kappa shape index (κ1) is 17.5.